The zero-order valence-electron chi connectivity index (χ0n) is 15.1. The number of amides is 1. The predicted molar refractivity (Wildman–Crippen MR) is 99.5 cm³/mol. The molecule has 2 aromatic rings. The molecule has 0 aliphatic heterocycles. The molecule has 0 aliphatic carbocycles. The van der Waals surface area contributed by atoms with Gasteiger partial charge in [-0.05, 0) is 37.3 Å². The van der Waals surface area contributed by atoms with Crippen LogP contribution in [0, 0.1) is 18.3 Å². The summed E-state index contributed by atoms with van der Waals surface area (Å²) in [7, 11) is 4.48. The molecule has 2 aromatic carbocycles. The van der Waals surface area contributed by atoms with Gasteiger partial charge in [0.2, 0.25) is 5.75 Å². The summed E-state index contributed by atoms with van der Waals surface area (Å²) in [4.78, 5) is 12.4. The average molecular weight is 352 g/mol. The second kappa shape index (κ2) is 8.58. The molecule has 6 heteroatoms. The van der Waals surface area contributed by atoms with Crippen molar-refractivity contribution in [3.63, 3.8) is 0 Å². The minimum Gasteiger partial charge on any atom is -0.493 e. The van der Waals surface area contributed by atoms with Crippen LogP contribution in [0.3, 0.4) is 0 Å². The van der Waals surface area contributed by atoms with E-state index in [9.17, 15) is 10.1 Å². The Morgan fingerprint density at radius 2 is 1.65 bits per heavy atom. The molecule has 6 nitrogen and oxygen atoms in total. The minimum absolute atomic E-state index is 0.0592. The lowest BCUT2D eigenvalue weighted by Crippen LogP contribution is -2.13. The van der Waals surface area contributed by atoms with Crippen LogP contribution in [0.4, 0.5) is 5.69 Å². The third-order valence-corrected chi connectivity index (χ3v) is 3.71. The SMILES string of the molecule is COc1ccc(/C=C(/C#N)C(=O)Nc2ccc(C)cc2)c(OC)c1OC. The maximum absolute atomic E-state index is 12.4. The van der Waals surface area contributed by atoms with Gasteiger partial charge in [0.15, 0.2) is 11.5 Å². The number of aryl methyl sites for hydroxylation is 1. The smallest absolute Gasteiger partial charge is 0.266 e. The molecule has 26 heavy (non-hydrogen) atoms. The van der Waals surface area contributed by atoms with E-state index in [0.717, 1.165) is 5.56 Å². The lowest BCUT2D eigenvalue weighted by molar-refractivity contribution is -0.112. The first kappa shape index (κ1) is 18.9. The molecule has 0 spiro atoms. The van der Waals surface area contributed by atoms with Gasteiger partial charge in [0.1, 0.15) is 11.6 Å². The second-order valence-corrected chi connectivity index (χ2v) is 5.41. The van der Waals surface area contributed by atoms with Gasteiger partial charge in [-0.25, -0.2) is 0 Å². The molecule has 2 rings (SSSR count). The summed E-state index contributed by atoms with van der Waals surface area (Å²) in [6, 6.07) is 12.6. The molecule has 134 valence electrons. The summed E-state index contributed by atoms with van der Waals surface area (Å²) in [5.74, 6) is 0.750. The summed E-state index contributed by atoms with van der Waals surface area (Å²) in [5.41, 5.74) is 2.16. The fraction of sp³-hybridized carbons (Fsp3) is 0.200. The van der Waals surface area contributed by atoms with Crippen LogP contribution in [-0.4, -0.2) is 27.2 Å². The third kappa shape index (κ3) is 4.14. The Hall–Kier alpha value is -3.46. The maximum atomic E-state index is 12.4. The van der Waals surface area contributed by atoms with Crippen molar-refractivity contribution in [2.24, 2.45) is 0 Å². The summed E-state index contributed by atoms with van der Waals surface area (Å²) in [6.45, 7) is 1.95. The van der Waals surface area contributed by atoms with Crippen LogP contribution >= 0.6 is 0 Å². The first-order valence-corrected chi connectivity index (χ1v) is 7.82. The predicted octanol–water partition coefficient (Wildman–Crippen LogP) is 3.57. The number of nitrogens with one attached hydrogen (secondary N) is 1. The lowest BCUT2D eigenvalue weighted by atomic mass is 10.1. The van der Waals surface area contributed by atoms with Crippen molar-refractivity contribution >= 4 is 17.7 Å². The fourth-order valence-electron chi connectivity index (χ4n) is 2.38. The number of carbonyl (C=O) groups excluding carboxylic acids is 1. The van der Waals surface area contributed by atoms with Crippen LogP contribution in [0.15, 0.2) is 42.0 Å². The van der Waals surface area contributed by atoms with Gasteiger partial charge in [-0.1, -0.05) is 17.7 Å². The number of anilines is 1. The van der Waals surface area contributed by atoms with E-state index in [4.69, 9.17) is 14.2 Å². The van der Waals surface area contributed by atoms with Crippen LogP contribution in [0.1, 0.15) is 11.1 Å². The molecule has 0 aromatic heterocycles. The van der Waals surface area contributed by atoms with Crippen molar-refractivity contribution in [2.75, 3.05) is 26.6 Å². The Bertz CT molecular complexity index is 865. The Labute approximate surface area is 152 Å². The van der Waals surface area contributed by atoms with Gasteiger partial charge in [0, 0.05) is 11.3 Å². The molecule has 0 heterocycles. The second-order valence-electron chi connectivity index (χ2n) is 5.41. The third-order valence-electron chi connectivity index (χ3n) is 3.71. The Kier molecular flexibility index (Phi) is 6.23. The van der Waals surface area contributed by atoms with Crippen LogP contribution in [0.25, 0.3) is 6.08 Å². The molecule has 0 saturated carbocycles. The standard InChI is InChI=1S/C20H20N2O4/c1-13-5-8-16(9-6-13)22-20(23)15(12-21)11-14-7-10-17(24-2)19(26-4)18(14)25-3/h5-11H,1-4H3,(H,22,23)/b15-11-. The molecular weight excluding hydrogens is 332 g/mol. The van der Waals surface area contributed by atoms with Gasteiger partial charge in [0.25, 0.3) is 5.91 Å². The number of nitriles is 1. The Morgan fingerprint density at radius 3 is 2.19 bits per heavy atom. The quantitative estimate of drug-likeness (QED) is 0.635. The van der Waals surface area contributed by atoms with Gasteiger partial charge in [-0.3, -0.25) is 4.79 Å². The van der Waals surface area contributed by atoms with Crippen LogP contribution in [0.5, 0.6) is 17.2 Å². The van der Waals surface area contributed by atoms with E-state index in [1.54, 1.807) is 24.3 Å². The Morgan fingerprint density at radius 1 is 1.00 bits per heavy atom. The Balaban J connectivity index is 2.37. The normalized spacial score (nSPS) is 10.7. The number of rotatable bonds is 6. The largest absolute Gasteiger partial charge is 0.493 e. The molecule has 0 radical (unpaired) electrons. The van der Waals surface area contributed by atoms with Crippen molar-refractivity contribution in [1.82, 2.24) is 0 Å². The first-order chi connectivity index (χ1) is 12.5. The summed E-state index contributed by atoms with van der Waals surface area (Å²) in [5, 5.41) is 12.1. The summed E-state index contributed by atoms with van der Waals surface area (Å²) in [6.07, 6.45) is 1.45. The van der Waals surface area contributed by atoms with Crippen molar-refractivity contribution in [3.05, 3.63) is 53.1 Å². The molecule has 0 atom stereocenters. The van der Waals surface area contributed by atoms with Crippen molar-refractivity contribution < 1.29 is 19.0 Å². The highest BCUT2D eigenvalue weighted by molar-refractivity contribution is 6.09. The van der Waals surface area contributed by atoms with E-state index in [1.807, 2.05) is 25.1 Å². The van der Waals surface area contributed by atoms with Gasteiger partial charge < -0.3 is 19.5 Å². The lowest BCUT2D eigenvalue weighted by Gasteiger charge is -2.14. The number of carbonyl (C=O) groups is 1. The van der Waals surface area contributed by atoms with E-state index >= 15 is 0 Å². The number of ether oxygens (including phenoxy) is 3. The maximum Gasteiger partial charge on any atom is 0.266 e. The molecule has 1 amide bonds. The zero-order chi connectivity index (χ0) is 19.1. The molecule has 0 aliphatic rings. The topological polar surface area (TPSA) is 80.6 Å². The molecule has 0 bridgehead atoms. The van der Waals surface area contributed by atoms with Gasteiger partial charge in [-0.15, -0.1) is 0 Å². The highest BCUT2D eigenvalue weighted by Gasteiger charge is 2.17. The van der Waals surface area contributed by atoms with Gasteiger partial charge >= 0.3 is 0 Å². The van der Waals surface area contributed by atoms with Crippen LogP contribution < -0.4 is 19.5 Å². The monoisotopic (exact) mass is 352 g/mol. The van der Waals surface area contributed by atoms with E-state index in [-0.39, 0.29) is 5.57 Å². The number of methoxy groups -OCH3 is 3. The van der Waals surface area contributed by atoms with Crippen molar-refractivity contribution in [3.8, 4) is 23.3 Å². The minimum atomic E-state index is -0.506. The summed E-state index contributed by atoms with van der Waals surface area (Å²) < 4.78 is 15.9. The van der Waals surface area contributed by atoms with E-state index in [0.29, 0.717) is 28.5 Å². The number of benzene rings is 2. The molecule has 0 saturated heterocycles. The van der Waals surface area contributed by atoms with E-state index in [2.05, 4.69) is 5.32 Å². The first-order valence-electron chi connectivity index (χ1n) is 7.82. The van der Waals surface area contributed by atoms with E-state index in [1.165, 1.54) is 27.4 Å². The number of nitrogens with zero attached hydrogens (tertiary/aromatic N) is 1. The van der Waals surface area contributed by atoms with Crippen molar-refractivity contribution in [1.29, 1.82) is 5.26 Å². The number of hydrogen-bond acceptors (Lipinski definition) is 5. The van der Waals surface area contributed by atoms with E-state index < -0.39 is 5.91 Å². The molecular formula is C20H20N2O4. The van der Waals surface area contributed by atoms with Gasteiger partial charge in [0.05, 0.1) is 21.3 Å². The molecule has 0 unspecified atom stereocenters. The highest BCUT2D eigenvalue weighted by Crippen LogP contribution is 2.40. The fourth-order valence-corrected chi connectivity index (χ4v) is 2.38. The van der Waals surface area contributed by atoms with Crippen LogP contribution in [-0.2, 0) is 4.79 Å². The van der Waals surface area contributed by atoms with Crippen molar-refractivity contribution in [2.45, 2.75) is 6.92 Å². The molecule has 1 N–H and O–H groups in total. The molecule has 0 fully saturated rings. The average Bonchev–Trinajstić information content (AvgIpc) is 2.66. The summed E-state index contributed by atoms with van der Waals surface area (Å²) >= 11 is 0. The number of hydrogen-bond donors (Lipinski definition) is 1. The van der Waals surface area contributed by atoms with Crippen LogP contribution in [0.2, 0.25) is 0 Å². The zero-order valence-corrected chi connectivity index (χ0v) is 15.1. The van der Waals surface area contributed by atoms with Gasteiger partial charge in [-0.2, -0.15) is 5.26 Å². The highest BCUT2D eigenvalue weighted by atomic mass is 16.5.